The van der Waals surface area contributed by atoms with Crippen molar-refractivity contribution in [2.45, 2.75) is 26.7 Å². The number of rotatable bonds is 4. The fourth-order valence-electron chi connectivity index (χ4n) is 3.76. The molecule has 0 spiro atoms. The number of ketones is 1. The van der Waals surface area contributed by atoms with Gasteiger partial charge in [0.2, 0.25) is 0 Å². The topological polar surface area (TPSA) is 67.0 Å². The molecule has 0 saturated heterocycles. The minimum absolute atomic E-state index is 0.0440. The third kappa shape index (κ3) is 3.33. The van der Waals surface area contributed by atoms with E-state index in [1.165, 1.54) is 0 Å². The maximum absolute atomic E-state index is 13.0. The molecule has 0 saturated carbocycles. The molecule has 1 aliphatic rings. The SMILES string of the molecule is COc1cccc(Nc2c(-c3ccncc3)[nH]c3c2C(=O)CC(C)(C)C3)c1. The Morgan fingerprint density at radius 2 is 1.93 bits per heavy atom. The van der Waals surface area contributed by atoms with Crippen LogP contribution in [-0.2, 0) is 6.42 Å². The van der Waals surface area contributed by atoms with Crippen LogP contribution in [0.4, 0.5) is 11.4 Å². The molecule has 2 heterocycles. The van der Waals surface area contributed by atoms with E-state index in [-0.39, 0.29) is 11.2 Å². The van der Waals surface area contributed by atoms with E-state index in [9.17, 15) is 4.79 Å². The van der Waals surface area contributed by atoms with Crippen molar-refractivity contribution in [2.24, 2.45) is 5.41 Å². The lowest BCUT2D eigenvalue weighted by atomic mass is 9.76. The average Bonchev–Trinajstić information content (AvgIpc) is 2.99. The van der Waals surface area contributed by atoms with Crippen molar-refractivity contribution in [1.82, 2.24) is 9.97 Å². The number of nitrogens with one attached hydrogen (secondary N) is 2. The quantitative estimate of drug-likeness (QED) is 0.687. The van der Waals surface area contributed by atoms with Crippen LogP contribution in [0.15, 0.2) is 48.8 Å². The number of pyridine rings is 1. The molecule has 0 radical (unpaired) electrons. The van der Waals surface area contributed by atoms with E-state index >= 15 is 0 Å². The van der Waals surface area contributed by atoms with E-state index in [0.717, 1.165) is 46.1 Å². The van der Waals surface area contributed by atoms with Crippen LogP contribution >= 0.6 is 0 Å². The molecule has 2 aromatic heterocycles. The number of methoxy groups -OCH3 is 1. The van der Waals surface area contributed by atoms with E-state index in [1.807, 2.05) is 36.4 Å². The van der Waals surface area contributed by atoms with Crippen LogP contribution in [0, 0.1) is 5.41 Å². The number of fused-ring (bicyclic) bond motifs is 1. The molecular weight excluding hydrogens is 338 g/mol. The average molecular weight is 361 g/mol. The maximum atomic E-state index is 13.0. The van der Waals surface area contributed by atoms with E-state index in [4.69, 9.17) is 4.74 Å². The molecular formula is C22H23N3O2. The van der Waals surface area contributed by atoms with Crippen molar-refractivity contribution in [3.8, 4) is 17.0 Å². The number of aromatic nitrogens is 2. The van der Waals surface area contributed by atoms with E-state index in [1.54, 1.807) is 19.5 Å². The highest BCUT2D eigenvalue weighted by Gasteiger charge is 2.35. The van der Waals surface area contributed by atoms with Gasteiger partial charge in [-0.25, -0.2) is 0 Å². The van der Waals surface area contributed by atoms with Crippen LogP contribution in [0.5, 0.6) is 5.75 Å². The first-order valence-electron chi connectivity index (χ1n) is 9.06. The number of H-pyrrole nitrogens is 1. The second-order valence-electron chi connectivity index (χ2n) is 7.76. The molecule has 5 nitrogen and oxygen atoms in total. The number of hydrogen-bond acceptors (Lipinski definition) is 4. The fraction of sp³-hybridized carbons (Fsp3) is 0.273. The molecule has 0 fully saturated rings. The van der Waals surface area contributed by atoms with Gasteiger partial charge in [0.25, 0.3) is 0 Å². The normalized spacial score (nSPS) is 15.3. The minimum Gasteiger partial charge on any atom is -0.497 e. The Labute approximate surface area is 158 Å². The number of carbonyl (C=O) groups excluding carboxylic acids is 1. The number of anilines is 2. The number of ether oxygens (including phenoxy) is 1. The molecule has 1 aromatic carbocycles. The monoisotopic (exact) mass is 361 g/mol. The molecule has 1 aliphatic carbocycles. The van der Waals surface area contributed by atoms with E-state index in [0.29, 0.717) is 6.42 Å². The number of aromatic amines is 1. The summed E-state index contributed by atoms with van der Waals surface area (Å²) < 4.78 is 5.33. The van der Waals surface area contributed by atoms with Gasteiger partial charge in [0, 0.05) is 41.8 Å². The molecule has 0 amide bonds. The maximum Gasteiger partial charge on any atom is 0.167 e. The molecule has 0 unspecified atom stereocenters. The predicted octanol–water partition coefficient (Wildman–Crippen LogP) is 4.98. The number of benzene rings is 1. The van der Waals surface area contributed by atoms with Crippen molar-refractivity contribution in [3.63, 3.8) is 0 Å². The van der Waals surface area contributed by atoms with Gasteiger partial charge in [-0.2, -0.15) is 0 Å². The summed E-state index contributed by atoms with van der Waals surface area (Å²) in [4.78, 5) is 20.6. The van der Waals surface area contributed by atoms with Crippen molar-refractivity contribution < 1.29 is 9.53 Å². The predicted molar refractivity (Wildman–Crippen MR) is 107 cm³/mol. The summed E-state index contributed by atoms with van der Waals surface area (Å²) in [7, 11) is 1.64. The molecule has 2 N–H and O–H groups in total. The number of hydrogen-bond donors (Lipinski definition) is 2. The number of nitrogens with zero attached hydrogens (tertiary/aromatic N) is 1. The molecule has 0 bridgehead atoms. The van der Waals surface area contributed by atoms with Crippen molar-refractivity contribution in [2.75, 3.05) is 12.4 Å². The van der Waals surface area contributed by atoms with Gasteiger partial charge in [-0.3, -0.25) is 9.78 Å². The van der Waals surface area contributed by atoms with Gasteiger partial charge in [0.05, 0.1) is 24.1 Å². The Hall–Kier alpha value is -3.08. The van der Waals surface area contributed by atoms with Crippen LogP contribution in [0.2, 0.25) is 0 Å². The van der Waals surface area contributed by atoms with Gasteiger partial charge in [-0.05, 0) is 36.1 Å². The van der Waals surface area contributed by atoms with Gasteiger partial charge in [0.1, 0.15) is 5.75 Å². The molecule has 138 valence electrons. The lowest BCUT2D eigenvalue weighted by molar-refractivity contribution is 0.0912. The second-order valence-corrected chi connectivity index (χ2v) is 7.76. The van der Waals surface area contributed by atoms with Crippen LogP contribution < -0.4 is 10.1 Å². The first kappa shape index (κ1) is 17.3. The minimum atomic E-state index is -0.0440. The third-order valence-corrected chi connectivity index (χ3v) is 4.96. The Bertz CT molecular complexity index is 990. The number of Topliss-reactive ketones (excluding diaryl/α,β-unsaturated/α-hetero) is 1. The molecule has 27 heavy (non-hydrogen) atoms. The van der Waals surface area contributed by atoms with Crippen LogP contribution in [0.1, 0.15) is 36.3 Å². The summed E-state index contributed by atoms with van der Waals surface area (Å²) in [5, 5.41) is 3.46. The highest BCUT2D eigenvalue weighted by Crippen LogP contribution is 2.43. The molecule has 3 aromatic rings. The van der Waals surface area contributed by atoms with Crippen molar-refractivity contribution in [3.05, 3.63) is 60.0 Å². The molecule has 0 atom stereocenters. The van der Waals surface area contributed by atoms with Crippen molar-refractivity contribution in [1.29, 1.82) is 0 Å². The van der Waals surface area contributed by atoms with Gasteiger partial charge >= 0.3 is 0 Å². The summed E-state index contributed by atoms with van der Waals surface area (Å²) in [6.45, 7) is 4.27. The summed E-state index contributed by atoms with van der Waals surface area (Å²) in [6.07, 6.45) is 4.90. The molecule has 5 heteroatoms. The zero-order valence-corrected chi connectivity index (χ0v) is 15.8. The molecule has 0 aliphatic heterocycles. The lowest BCUT2D eigenvalue weighted by Crippen LogP contribution is -2.26. The molecule has 4 rings (SSSR count). The van der Waals surface area contributed by atoms with Crippen LogP contribution in [-0.4, -0.2) is 22.9 Å². The van der Waals surface area contributed by atoms with Gasteiger partial charge < -0.3 is 15.0 Å². The summed E-state index contributed by atoms with van der Waals surface area (Å²) in [5.74, 6) is 0.936. The highest BCUT2D eigenvalue weighted by atomic mass is 16.5. The fourth-order valence-corrected chi connectivity index (χ4v) is 3.76. The Kier molecular flexibility index (Phi) is 4.22. The number of carbonyl (C=O) groups is 1. The summed E-state index contributed by atoms with van der Waals surface area (Å²) in [5.41, 5.74) is 5.33. The summed E-state index contributed by atoms with van der Waals surface area (Å²) >= 11 is 0. The van der Waals surface area contributed by atoms with Crippen LogP contribution in [0.3, 0.4) is 0 Å². The van der Waals surface area contributed by atoms with Gasteiger partial charge in [-0.15, -0.1) is 0 Å². The Morgan fingerprint density at radius 3 is 2.67 bits per heavy atom. The Morgan fingerprint density at radius 1 is 1.15 bits per heavy atom. The summed E-state index contributed by atoms with van der Waals surface area (Å²) in [6, 6.07) is 11.6. The lowest BCUT2D eigenvalue weighted by Gasteiger charge is -2.28. The first-order valence-corrected chi connectivity index (χ1v) is 9.06. The zero-order valence-electron chi connectivity index (χ0n) is 15.8. The van der Waals surface area contributed by atoms with E-state index in [2.05, 4.69) is 29.1 Å². The highest BCUT2D eigenvalue weighted by molar-refractivity contribution is 6.07. The standard InChI is InChI=1S/C22H23N3O2/c1-22(2)12-17-19(18(26)13-22)21(20(25-17)14-7-9-23-10-8-14)24-15-5-4-6-16(11-15)27-3/h4-11,24-25H,12-13H2,1-3H3. The third-order valence-electron chi connectivity index (χ3n) is 4.96. The van der Waals surface area contributed by atoms with Gasteiger partial charge in [-0.1, -0.05) is 19.9 Å². The van der Waals surface area contributed by atoms with Gasteiger partial charge in [0.15, 0.2) is 5.78 Å². The second kappa shape index (κ2) is 6.58. The Balaban J connectivity index is 1.85. The smallest absolute Gasteiger partial charge is 0.167 e. The largest absolute Gasteiger partial charge is 0.497 e. The van der Waals surface area contributed by atoms with Crippen LogP contribution in [0.25, 0.3) is 11.3 Å². The van der Waals surface area contributed by atoms with E-state index < -0.39 is 0 Å². The first-order chi connectivity index (χ1) is 13.0. The van der Waals surface area contributed by atoms with Crippen molar-refractivity contribution >= 4 is 17.2 Å². The zero-order chi connectivity index (χ0) is 19.0.